The Kier molecular flexibility index (Phi) is 10.3. The fourth-order valence-electron chi connectivity index (χ4n) is 3.77. The summed E-state index contributed by atoms with van der Waals surface area (Å²) in [6.45, 7) is 5.04. The molecule has 0 spiro atoms. The molecule has 9 nitrogen and oxygen atoms in total. The van der Waals surface area contributed by atoms with Crippen LogP contribution in [0.3, 0.4) is 0 Å². The highest BCUT2D eigenvalue weighted by Gasteiger charge is 2.35. The van der Waals surface area contributed by atoms with Crippen LogP contribution in [0.2, 0.25) is 0 Å². The molecule has 3 rings (SSSR count). The molecular formula is C29H29FN2O7. The Morgan fingerprint density at radius 1 is 1.05 bits per heavy atom. The molecule has 10 heteroatoms. The van der Waals surface area contributed by atoms with Crippen LogP contribution in [0.25, 0.3) is 6.08 Å². The van der Waals surface area contributed by atoms with Crippen molar-refractivity contribution in [3.8, 4) is 17.6 Å². The van der Waals surface area contributed by atoms with E-state index in [4.69, 9.17) is 18.9 Å². The minimum atomic E-state index is -0.701. The average Bonchev–Trinajstić information content (AvgIpc) is 2.91. The Morgan fingerprint density at radius 3 is 2.51 bits per heavy atom. The molecule has 204 valence electrons. The molecule has 2 amide bonds. The topological polar surface area (TPSA) is 115 Å². The molecule has 0 atom stereocenters. The number of carbonyl (C=O) groups is 3. The normalized spacial score (nSPS) is 14.4. The molecule has 2 aromatic rings. The Bertz CT molecular complexity index is 1340. The van der Waals surface area contributed by atoms with E-state index in [1.165, 1.54) is 13.0 Å². The maximum atomic E-state index is 14.0. The highest BCUT2D eigenvalue weighted by molar-refractivity contribution is 6.19. The third-order valence-electron chi connectivity index (χ3n) is 5.74. The summed E-state index contributed by atoms with van der Waals surface area (Å²) in [7, 11) is 0. The van der Waals surface area contributed by atoms with Gasteiger partial charge in [0.25, 0.3) is 11.8 Å². The van der Waals surface area contributed by atoms with Crippen molar-refractivity contribution in [3.05, 3.63) is 76.1 Å². The molecule has 0 saturated heterocycles. The quantitative estimate of drug-likeness (QED) is 0.173. The van der Waals surface area contributed by atoms with E-state index in [2.05, 4.69) is 0 Å². The molecule has 0 N–H and O–H groups in total. The summed E-state index contributed by atoms with van der Waals surface area (Å²) < 4.78 is 35.6. The van der Waals surface area contributed by atoms with Gasteiger partial charge in [0, 0.05) is 18.1 Å². The van der Waals surface area contributed by atoms with Gasteiger partial charge in [0.2, 0.25) is 0 Å². The monoisotopic (exact) mass is 536 g/mol. The summed E-state index contributed by atoms with van der Waals surface area (Å²) in [6.07, 6.45) is 1.57. The van der Waals surface area contributed by atoms with E-state index < -0.39 is 17.8 Å². The molecule has 39 heavy (non-hydrogen) atoms. The van der Waals surface area contributed by atoms with Crippen molar-refractivity contribution in [2.45, 2.75) is 27.4 Å². The van der Waals surface area contributed by atoms with Gasteiger partial charge in [0.1, 0.15) is 30.7 Å². The van der Waals surface area contributed by atoms with E-state index in [9.17, 15) is 24.0 Å². The Labute approximate surface area is 226 Å². The first-order valence-corrected chi connectivity index (χ1v) is 12.3. The van der Waals surface area contributed by atoms with Crippen LogP contribution in [0.15, 0.2) is 59.2 Å². The van der Waals surface area contributed by atoms with E-state index in [-0.39, 0.29) is 55.5 Å². The molecular weight excluding hydrogens is 507 g/mol. The molecule has 1 heterocycles. The standard InChI is InChI=1S/C29H29FN2O7/c1-4-37-27-16-21(9-10-26(27)39-18-22-7-5-6-8-25(22)30)15-23-19(2)24(17-31)29(35)32(28(23)34)11-12-36-13-14-38-20(3)33/h5-10,15-16H,4,11-14,18H2,1-3H3/b23-15+. The van der Waals surface area contributed by atoms with Gasteiger partial charge in [-0.2, -0.15) is 5.26 Å². The first-order chi connectivity index (χ1) is 18.8. The Hall–Kier alpha value is -4.49. The van der Waals surface area contributed by atoms with E-state index in [1.807, 2.05) is 6.07 Å². The molecule has 0 fully saturated rings. The summed E-state index contributed by atoms with van der Waals surface area (Å²) in [5.41, 5.74) is 1.26. The van der Waals surface area contributed by atoms with Gasteiger partial charge in [-0.05, 0) is 49.3 Å². The number of nitriles is 1. The molecule has 0 unspecified atom stereocenters. The summed E-state index contributed by atoms with van der Waals surface area (Å²) in [6, 6.07) is 13.2. The molecule has 0 saturated carbocycles. The fourth-order valence-corrected chi connectivity index (χ4v) is 3.77. The molecule has 0 radical (unpaired) electrons. The lowest BCUT2D eigenvalue weighted by atomic mass is 9.93. The predicted molar refractivity (Wildman–Crippen MR) is 139 cm³/mol. The minimum Gasteiger partial charge on any atom is -0.490 e. The van der Waals surface area contributed by atoms with Crippen molar-refractivity contribution >= 4 is 23.9 Å². The summed E-state index contributed by atoms with van der Waals surface area (Å²) in [4.78, 5) is 37.8. The fraction of sp³-hybridized carbons (Fsp3) is 0.310. The van der Waals surface area contributed by atoms with Crippen molar-refractivity contribution in [1.29, 1.82) is 5.26 Å². The molecule has 0 bridgehead atoms. The summed E-state index contributed by atoms with van der Waals surface area (Å²) in [5, 5.41) is 9.60. The third kappa shape index (κ3) is 7.52. The summed E-state index contributed by atoms with van der Waals surface area (Å²) in [5.74, 6) is -1.30. The Balaban J connectivity index is 1.81. The highest BCUT2D eigenvalue weighted by atomic mass is 19.1. The molecule has 0 aliphatic carbocycles. The number of hydrogen-bond acceptors (Lipinski definition) is 8. The number of benzene rings is 2. The van der Waals surface area contributed by atoms with Gasteiger partial charge in [-0.3, -0.25) is 19.3 Å². The minimum absolute atomic E-state index is 0.000928. The van der Waals surface area contributed by atoms with Crippen LogP contribution >= 0.6 is 0 Å². The molecule has 1 aliphatic rings. The smallest absolute Gasteiger partial charge is 0.302 e. The van der Waals surface area contributed by atoms with Crippen molar-refractivity contribution in [2.75, 3.05) is 33.0 Å². The van der Waals surface area contributed by atoms with Gasteiger partial charge < -0.3 is 18.9 Å². The number of esters is 1. The number of nitrogens with zero attached hydrogens (tertiary/aromatic N) is 2. The first-order valence-electron chi connectivity index (χ1n) is 12.3. The zero-order valence-corrected chi connectivity index (χ0v) is 22.0. The zero-order chi connectivity index (χ0) is 28.4. The van der Waals surface area contributed by atoms with Crippen molar-refractivity contribution in [3.63, 3.8) is 0 Å². The van der Waals surface area contributed by atoms with Crippen LogP contribution < -0.4 is 9.47 Å². The van der Waals surface area contributed by atoms with Crippen LogP contribution in [-0.4, -0.2) is 55.7 Å². The van der Waals surface area contributed by atoms with E-state index in [0.717, 1.165) is 4.90 Å². The average molecular weight is 537 g/mol. The van der Waals surface area contributed by atoms with Gasteiger partial charge in [0.05, 0.1) is 26.4 Å². The molecule has 0 aromatic heterocycles. The van der Waals surface area contributed by atoms with Gasteiger partial charge in [-0.1, -0.05) is 24.3 Å². The van der Waals surface area contributed by atoms with Crippen LogP contribution in [0.1, 0.15) is 31.9 Å². The van der Waals surface area contributed by atoms with Crippen molar-refractivity contribution in [2.24, 2.45) is 0 Å². The van der Waals surface area contributed by atoms with Crippen molar-refractivity contribution < 1.29 is 37.7 Å². The molecule has 1 aliphatic heterocycles. The van der Waals surface area contributed by atoms with Crippen molar-refractivity contribution in [1.82, 2.24) is 4.90 Å². The van der Waals surface area contributed by atoms with E-state index >= 15 is 0 Å². The van der Waals surface area contributed by atoms with Gasteiger partial charge in [0.15, 0.2) is 11.5 Å². The number of halogens is 1. The second-order valence-corrected chi connectivity index (χ2v) is 8.40. The number of imide groups is 1. The van der Waals surface area contributed by atoms with Crippen LogP contribution in [-0.2, 0) is 30.5 Å². The van der Waals surface area contributed by atoms with Crippen LogP contribution in [0.4, 0.5) is 4.39 Å². The van der Waals surface area contributed by atoms with Gasteiger partial charge in [-0.25, -0.2) is 4.39 Å². The largest absolute Gasteiger partial charge is 0.490 e. The number of hydrogen-bond donors (Lipinski definition) is 0. The second-order valence-electron chi connectivity index (χ2n) is 8.40. The maximum Gasteiger partial charge on any atom is 0.302 e. The van der Waals surface area contributed by atoms with Crippen LogP contribution in [0, 0.1) is 17.1 Å². The van der Waals surface area contributed by atoms with E-state index in [0.29, 0.717) is 29.2 Å². The lowest BCUT2D eigenvalue weighted by Gasteiger charge is -2.27. The van der Waals surface area contributed by atoms with E-state index in [1.54, 1.807) is 56.3 Å². The first kappa shape index (κ1) is 29.1. The number of rotatable bonds is 12. The lowest BCUT2D eigenvalue weighted by molar-refractivity contribution is -0.142. The number of ether oxygens (including phenoxy) is 4. The third-order valence-corrected chi connectivity index (χ3v) is 5.74. The maximum absolute atomic E-state index is 14.0. The summed E-state index contributed by atoms with van der Waals surface area (Å²) >= 11 is 0. The Morgan fingerprint density at radius 2 is 1.82 bits per heavy atom. The number of amides is 2. The number of carbonyl (C=O) groups excluding carboxylic acids is 3. The molecule has 2 aromatic carbocycles. The highest BCUT2D eigenvalue weighted by Crippen LogP contribution is 2.32. The zero-order valence-electron chi connectivity index (χ0n) is 22.0. The van der Waals surface area contributed by atoms with Gasteiger partial charge >= 0.3 is 5.97 Å². The lowest BCUT2D eigenvalue weighted by Crippen LogP contribution is -2.44. The second kappa shape index (κ2) is 13.9. The SMILES string of the molecule is CCOc1cc(/C=C2/C(=O)N(CCOCCOC(C)=O)C(=O)C(C#N)=C2C)ccc1OCc1ccccc1F. The van der Waals surface area contributed by atoms with Gasteiger partial charge in [-0.15, -0.1) is 0 Å². The van der Waals surface area contributed by atoms with Crippen LogP contribution in [0.5, 0.6) is 11.5 Å². The predicted octanol–water partition coefficient (Wildman–Crippen LogP) is 3.98.